The number of ether oxygens (including phenoxy) is 1. The van der Waals surface area contributed by atoms with Gasteiger partial charge in [-0.1, -0.05) is 13.0 Å². The van der Waals surface area contributed by atoms with Crippen LogP contribution in [0.2, 0.25) is 0 Å². The van der Waals surface area contributed by atoms with Gasteiger partial charge in [0, 0.05) is 19.9 Å². The number of hydrogen-bond donors (Lipinski definition) is 1. The van der Waals surface area contributed by atoms with E-state index in [2.05, 4.69) is 5.32 Å². The van der Waals surface area contributed by atoms with Gasteiger partial charge in [-0.15, -0.1) is 0 Å². The molecule has 2 aromatic rings. The number of imidazole rings is 1. The Morgan fingerprint density at radius 2 is 2.04 bits per heavy atom. The molecule has 2 amide bonds. The number of imide groups is 1. The van der Waals surface area contributed by atoms with Crippen molar-refractivity contribution in [3.8, 4) is 0 Å². The van der Waals surface area contributed by atoms with Gasteiger partial charge in [-0.2, -0.15) is 0 Å². The normalized spacial score (nSPS) is 17.2. The van der Waals surface area contributed by atoms with E-state index in [1.165, 1.54) is 9.13 Å². The molecule has 1 unspecified atom stereocenters. The number of carbonyl (C=O) groups is 3. The fourth-order valence-electron chi connectivity index (χ4n) is 3.36. The Morgan fingerprint density at radius 3 is 2.74 bits per heavy atom. The van der Waals surface area contributed by atoms with Gasteiger partial charge in [0.2, 0.25) is 11.8 Å². The topological polar surface area (TPSA) is 99.4 Å². The summed E-state index contributed by atoms with van der Waals surface area (Å²) in [4.78, 5) is 47.4. The monoisotopic (exact) mass is 373 g/mol. The van der Waals surface area contributed by atoms with E-state index in [4.69, 9.17) is 4.74 Å². The number of fused-ring (bicyclic) bond motifs is 1. The molecule has 8 nitrogen and oxygen atoms in total. The number of piperidine rings is 1. The van der Waals surface area contributed by atoms with Crippen LogP contribution in [-0.4, -0.2) is 33.5 Å². The van der Waals surface area contributed by atoms with Crippen LogP contribution in [0.1, 0.15) is 44.2 Å². The van der Waals surface area contributed by atoms with Crippen LogP contribution in [-0.2, 0) is 32.6 Å². The maximum atomic E-state index is 12.7. The third kappa shape index (κ3) is 3.79. The first-order valence-electron chi connectivity index (χ1n) is 9.11. The summed E-state index contributed by atoms with van der Waals surface area (Å²) in [5, 5.41) is 2.30. The second-order valence-corrected chi connectivity index (χ2v) is 6.68. The van der Waals surface area contributed by atoms with Gasteiger partial charge in [-0.05, 0) is 37.0 Å². The molecule has 0 spiro atoms. The molecule has 27 heavy (non-hydrogen) atoms. The van der Waals surface area contributed by atoms with Crippen LogP contribution in [0.4, 0.5) is 0 Å². The van der Waals surface area contributed by atoms with Crippen LogP contribution in [0.3, 0.4) is 0 Å². The van der Waals surface area contributed by atoms with E-state index < -0.39 is 11.9 Å². The van der Waals surface area contributed by atoms with Crippen molar-refractivity contribution in [2.24, 2.45) is 7.05 Å². The number of nitrogens with one attached hydrogen (secondary N) is 1. The van der Waals surface area contributed by atoms with Crippen molar-refractivity contribution in [1.29, 1.82) is 0 Å². The minimum Gasteiger partial charge on any atom is -0.466 e. The molecule has 0 aliphatic carbocycles. The number of esters is 1. The number of aromatic nitrogens is 2. The predicted octanol–water partition coefficient (Wildman–Crippen LogP) is 1.20. The molecule has 1 aromatic heterocycles. The molecule has 1 aromatic carbocycles. The molecule has 0 bridgehead atoms. The molecule has 1 aliphatic rings. The summed E-state index contributed by atoms with van der Waals surface area (Å²) >= 11 is 0. The van der Waals surface area contributed by atoms with Crippen molar-refractivity contribution in [3.63, 3.8) is 0 Å². The van der Waals surface area contributed by atoms with Gasteiger partial charge in [0.25, 0.3) is 0 Å². The highest BCUT2D eigenvalue weighted by atomic mass is 16.5. The zero-order valence-corrected chi connectivity index (χ0v) is 15.5. The fourth-order valence-corrected chi connectivity index (χ4v) is 3.36. The molecule has 2 heterocycles. The van der Waals surface area contributed by atoms with Crippen molar-refractivity contribution < 1.29 is 19.1 Å². The smallest absolute Gasteiger partial charge is 0.329 e. The minimum atomic E-state index is -0.682. The zero-order chi connectivity index (χ0) is 19.6. The van der Waals surface area contributed by atoms with E-state index in [0.717, 1.165) is 11.1 Å². The molecule has 3 rings (SSSR count). The van der Waals surface area contributed by atoms with Gasteiger partial charge < -0.3 is 4.74 Å². The third-order valence-corrected chi connectivity index (χ3v) is 4.84. The number of aryl methyl sites for hydroxylation is 2. The average molecular weight is 373 g/mol. The summed E-state index contributed by atoms with van der Waals surface area (Å²) in [6, 6.07) is 4.97. The molecule has 1 aliphatic heterocycles. The molecule has 1 fully saturated rings. The van der Waals surface area contributed by atoms with Crippen molar-refractivity contribution in [1.82, 2.24) is 14.5 Å². The Bertz CT molecular complexity index is 956. The molecular formula is C19H23N3O5. The van der Waals surface area contributed by atoms with Crippen LogP contribution in [0, 0.1) is 0 Å². The maximum absolute atomic E-state index is 12.7. The van der Waals surface area contributed by atoms with Crippen molar-refractivity contribution in [3.05, 3.63) is 34.2 Å². The Balaban J connectivity index is 1.83. The quantitative estimate of drug-likeness (QED) is 0.466. The SMILES string of the molecule is CCC(=O)OCCCc1ccc2c(c1)n(C)c(=O)n2C1CCC(=O)NC1=O. The Hall–Kier alpha value is -2.90. The van der Waals surface area contributed by atoms with Crippen molar-refractivity contribution in [2.45, 2.75) is 45.1 Å². The van der Waals surface area contributed by atoms with Crippen LogP contribution in [0.5, 0.6) is 0 Å². The lowest BCUT2D eigenvalue weighted by atomic mass is 10.1. The van der Waals surface area contributed by atoms with E-state index in [1.54, 1.807) is 14.0 Å². The molecule has 144 valence electrons. The summed E-state index contributed by atoms with van der Waals surface area (Å²) in [6.45, 7) is 2.12. The minimum absolute atomic E-state index is 0.214. The maximum Gasteiger partial charge on any atom is 0.329 e. The Kier molecular flexibility index (Phi) is 5.43. The van der Waals surface area contributed by atoms with Crippen LogP contribution >= 0.6 is 0 Å². The first kappa shape index (κ1) is 18.9. The fraction of sp³-hybridized carbons (Fsp3) is 0.474. The van der Waals surface area contributed by atoms with E-state index in [9.17, 15) is 19.2 Å². The number of benzene rings is 1. The Labute approximate surface area is 156 Å². The highest BCUT2D eigenvalue weighted by Crippen LogP contribution is 2.24. The zero-order valence-electron chi connectivity index (χ0n) is 15.5. The first-order chi connectivity index (χ1) is 12.9. The predicted molar refractivity (Wildman–Crippen MR) is 98.2 cm³/mol. The van der Waals surface area contributed by atoms with E-state index in [-0.39, 0.29) is 24.0 Å². The van der Waals surface area contributed by atoms with E-state index >= 15 is 0 Å². The molecule has 0 saturated carbocycles. The summed E-state index contributed by atoms with van der Waals surface area (Å²) < 4.78 is 8.05. The number of hydrogen-bond acceptors (Lipinski definition) is 5. The van der Waals surface area contributed by atoms with E-state index in [0.29, 0.717) is 37.8 Å². The van der Waals surface area contributed by atoms with Gasteiger partial charge in [0.1, 0.15) is 6.04 Å². The highest BCUT2D eigenvalue weighted by molar-refractivity contribution is 6.00. The summed E-state index contributed by atoms with van der Waals surface area (Å²) in [7, 11) is 1.67. The summed E-state index contributed by atoms with van der Waals surface area (Å²) in [5.74, 6) is -0.965. The van der Waals surface area contributed by atoms with Crippen molar-refractivity contribution >= 4 is 28.8 Å². The van der Waals surface area contributed by atoms with Gasteiger partial charge >= 0.3 is 11.7 Å². The van der Waals surface area contributed by atoms with Gasteiger partial charge in [-0.3, -0.25) is 28.8 Å². The summed E-state index contributed by atoms with van der Waals surface area (Å²) in [5.41, 5.74) is 2.13. The molecule has 1 N–H and O–H groups in total. The molecular weight excluding hydrogens is 350 g/mol. The number of nitrogens with zero attached hydrogens (tertiary/aromatic N) is 2. The lowest BCUT2D eigenvalue weighted by molar-refractivity contribution is -0.143. The second-order valence-electron chi connectivity index (χ2n) is 6.68. The first-order valence-corrected chi connectivity index (χ1v) is 9.11. The van der Waals surface area contributed by atoms with Crippen LogP contribution in [0.15, 0.2) is 23.0 Å². The van der Waals surface area contributed by atoms with Crippen LogP contribution < -0.4 is 11.0 Å². The average Bonchev–Trinajstić information content (AvgIpc) is 2.89. The van der Waals surface area contributed by atoms with Gasteiger partial charge in [0.15, 0.2) is 0 Å². The Morgan fingerprint density at radius 1 is 1.26 bits per heavy atom. The molecule has 1 atom stereocenters. The molecule has 0 radical (unpaired) electrons. The van der Waals surface area contributed by atoms with Crippen LogP contribution in [0.25, 0.3) is 11.0 Å². The lowest BCUT2D eigenvalue weighted by Crippen LogP contribution is -2.44. The third-order valence-electron chi connectivity index (χ3n) is 4.84. The number of rotatable bonds is 6. The van der Waals surface area contributed by atoms with Crippen molar-refractivity contribution in [2.75, 3.05) is 6.61 Å². The molecule has 1 saturated heterocycles. The number of amides is 2. The van der Waals surface area contributed by atoms with Gasteiger partial charge in [-0.25, -0.2) is 4.79 Å². The number of carbonyl (C=O) groups excluding carboxylic acids is 3. The highest BCUT2D eigenvalue weighted by Gasteiger charge is 2.31. The second kappa shape index (κ2) is 7.77. The molecule has 8 heteroatoms. The van der Waals surface area contributed by atoms with Gasteiger partial charge in [0.05, 0.1) is 17.6 Å². The summed E-state index contributed by atoms with van der Waals surface area (Å²) in [6.07, 6.45) is 2.30. The standard InChI is InChI=1S/C19H23N3O5/c1-3-17(24)27-10-4-5-12-6-7-13-15(11-12)21(2)19(26)22(13)14-8-9-16(23)20-18(14)25/h6-7,11,14H,3-5,8-10H2,1-2H3,(H,20,23,25). The lowest BCUT2D eigenvalue weighted by Gasteiger charge is -2.21. The van der Waals surface area contributed by atoms with E-state index in [1.807, 2.05) is 18.2 Å². The largest absolute Gasteiger partial charge is 0.466 e.